The maximum absolute atomic E-state index is 5.06. The molecule has 1 aromatic carbocycles. The Morgan fingerprint density at radius 3 is 2.72 bits per heavy atom. The molecule has 0 aromatic heterocycles. The smallest absolute Gasteiger partial charge is 0.187 e. The summed E-state index contributed by atoms with van der Waals surface area (Å²) in [5, 5.41) is 7.70. The molecule has 0 radical (unpaired) electrons. The Hall–Kier alpha value is -1.68. The van der Waals surface area contributed by atoms with Crippen molar-refractivity contribution in [2.75, 3.05) is 6.54 Å². The van der Waals surface area contributed by atoms with Gasteiger partial charge in [0.2, 0.25) is 0 Å². The number of nitrogens with one attached hydrogen (secondary N) is 2. The third-order valence-corrected chi connectivity index (χ3v) is 2.89. The summed E-state index contributed by atoms with van der Waals surface area (Å²) in [6.45, 7) is 10.4. The highest BCUT2D eigenvalue weighted by Gasteiger charge is 2.00. The quantitative estimate of drug-likeness (QED) is 0.379. The second-order valence-electron chi connectivity index (χ2n) is 4.11. The van der Waals surface area contributed by atoms with Crippen molar-refractivity contribution in [3.63, 3.8) is 0 Å². The van der Waals surface area contributed by atoms with Gasteiger partial charge in [-0.2, -0.15) is 5.10 Å². The van der Waals surface area contributed by atoms with Gasteiger partial charge in [-0.05, 0) is 55.7 Å². The molecule has 1 aromatic rings. The normalized spacial score (nSPS) is 10.9. The highest BCUT2D eigenvalue weighted by molar-refractivity contribution is 7.80. The largest absolute Gasteiger partial charge is 0.358 e. The zero-order chi connectivity index (χ0) is 13.5. The molecule has 0 bridgehead atoms. The van der Waals surface area contributed by atoms with Gasteiger partial charge in [0, 0.05) is 6.54 Å². The summed E-state index contributed by atoms with van der Waals surface area (Å²) in [5.74, 6) is 0. The van der Waals surface area contributed by atoms with Crippen molar-refractivity contribution in [1.29, 1.82) is 0 Å². The summed E-state index contributed by atoms with van der Waals surface area (Å²) in [7, 11) is 0. The molecule has 96 valence electrons. The Labute approximate surface area is 114 Å². The van der Waals surface area contributed by atoms with E-state index in [0.29, 0.717) is 11.7 Å². The van der Waals surface area contributed by atoms with Gasteiger partial charge in [0.15, 0.2) is 5.11 Å². The fourth-order valence-corrected chi connectivity index (χ4v) is 1.50. The number of hydrazone groups is 1. The molecule has 0 saturated heterocycles. The van der Waals surface area contributed by atoms with E-state index in [2.05, 4.69) is 54.5 Å². The minimum atomic E-state index is 0.498. The van der Waals surface area contributed by atoms with Crippen LogP contribution in [0.2, 0.25) is 0 Å². The molecule has 0 heterocycles. The Kier molecular flexibility index (Phi) is 5.52. The second kappa shape index (κ2) is 6.91. The van der Waals surface area contributed by atoms with E-state index in [9.17, 15) is 0 Å². The zero-order valence-corrected chi connectivity index (χ0v) is 11.9. The van der Waals surface area contributed by atoms with Gasteiger partial charge in [-0.1, -0.05) is 18.2 Å². The van der Waals surface area contributed by atoms with Gasteiger partial charge >= 0.3 is 0 Å². The second-order valence-corrected chi connectivity index (χ2v) is 4.52. The number of nitrogens with zero attached hydrogens (tertiary/aromatic N) is 1. The number of thiocarbonyl (C=S) groups is 1. The van der Waals surface area contributed by atoms with E-state index in [-0.39, 0.29) is 0 Å². The molecule has 0 unspecified atom stereocenters. The van der Waals surface area contributed by atoms with Gasteiger partial charge < -0.3 is 5.32 Å². The Balaban J connectivity index is 2.68. The van der Waals surface area contributed by atoms with Crippen LogP contribution in [0.3, 0.4) is 0 Å². The molecule has 3 nitrogen and oxygen atoms in total. The summed E-state index contributed by atoms with van der Waals surface area (Å²) < 4.78 is 0. The first-order chi connectivity index (χ1) is 8.54. The lowest BCUT2D eigenvalue weighted by Crippen LogP contribution is -2.32. The van der Waals surface area contributed by atoms with E-state index in [4.69, 9.17) is 12.2 Å². The summed E-state index contributed by atoms with van der Waals surface area (Å²) in [6.07, 6.45) is 1.74. The first-order valence-corrected chi connectivity index (χ1v) is 6.22. The summed E-state index contributed by atoms with van der Waals surface area (Å²) in [4.78, 5) is 0. The Bertz CT molecular complexity index is 478. The molecule has 0 spiro atoms. The molecule has 0 atom stereocenters. The highest BCUT2D eigenvalue weighted by Crippen LogP contribution is 2.10. The number of aryl methyl sites for hydroxylation is 2. The molecule has 0 aliphatic heterocycles. The van der Waals surface area contributed by atoms with Crippen LogP contribution in [0.1, 0.15) is 23.6 Å². The van der Waals surface area contributed by atoms with Crippen molar-refractivity contribution in [1.82, 2.24) is 10.7 Å². The van der Waals surface area contributed by atoms with Gasteiger partial charge in [-0.15, -0.1) is 6.58 Å². The Morgan fingerprint density at radius 2 is 2.11 bits per heavy atom. The first kappa shape index (κ1) is 14.4. The van der Waals surface area contributed by atoms with Crippen molar-refractivity contribution in [2.24, 2.45) is 5.10 Å². The first-order valence-electron chi connectivity index (χ1n) is 5.81. The van der Waals surface area contributed by atoms with Crippen LogP contribution in [0.25, 0.3) is 0 Å². The van der Waals surface area contributed by atoms with Crippen LogP contribution in [-0.2, 0) is 0 Å². The maximum Gasteiger partial charge on any atom is 0.187 e. The average Bonchev–Trinajstić information content (AvgIpc) is 2.36. The van der Waals surface area contributed by atoms with Crippen molar-refractivity contribution >= 4 is 23.0 Å². The van der Waals surface area contributed by atoms with Crippen molar-refractivity contribution < 1.29 is 0 Å². The standard InChI is InChI=1S/C14H19N3S/c1-5-8-15-14(18)17-16-12(4)13-7-6-10(2)11(3)9-13/h5-7,9H,1,8H2,2-4H3,(H2,15,17,18)/b16-12+. The van der Waals surface area contributed by atoms with Crippen LogP contribution < -0.4 is 10.7 Å². The topological polar surface area (TPSA) is 36.4 Å². The molecule has 0 aliphatic carbocycles. The number of hydrogen-bond donors (Lipinski definition) is 2. The lowest BCUT2D eigenvalue weighted by molar-refractivity contribution is 0.936. The van der Waals surface area contributed by atoms with E-state index in [1.807, 2.05) is 6.92 Å². The fourth-order valence-electron chi connectivity index (χ4n) is 1.37. The SMILES string of the molecule is C=CCNC(=S)N/N=C(\C)c1ccc(C)c(C)c1. The summed E-state index contributed by atoms with van der Waals surface area (Å²) >= 11 is 5.06. The molecule has 4 heteroatoms. The third kappa shape index (κ3) is 4.30. The van der Waals surface area contributed by atoms with E-state index in [1.54, 1.807) is 6.08 Å². The minimum absolute atomic E-state index is 0.498. The van der Waals surface area contributed by atoms with Gasteiger partial charge in [0.05, 0.1) is 5.71 Å². The van der Waals surface area contributed by atoms with Crippen LogP contribution in [0.5, 0.6) is 0 Å². The van der Waals surface area contributed by atoms with Crippen LogP contribution in [0.4, 0.5) is 0 Å². The van der Waals surface area contributed by atoms with Crippen LogP contribution in [0.15, 0.2) is 36.0 Å². The predicted molar refractivity (Wildman–Crippen MR) is 82.1 cm³/mol. The van der Waals surface area contributed by atoms with Gasteiger partial charge in [0.1, 0.15) is 0 Å². The van der Waals surface area contributed by atoms with Gasteiger partial charge in [0.25, 0.3) is 0 Å². The van der Waals surface area contributed by atoms with Crippen LogP contribution in [0, 0.1) is 13.8 Å². The van der Waals surface area contributed by atoms with Crippen molar-refractivity contribution in [3.05, 3.63) is 47.5 Å². The van der Waals surface area contributed by atoms with Gasteiger partial charge in [-0.25, -0.2) is 0 Å². The number of rotatable bonds is 4. The zero-order valence-electron chi connectivity index (χ0n) is 11.1. The highest BCUT2D eigenvalue weighted by atomic mass is 32.1. The lowest BCUT2D eigenvalue weighted by atomic mass is 10.0. The third-order valence-electron chi connectivity index (χ3n) is 2.66. The van der Waals surface area contributed by atoms with E-state index in [0.717, 1.165) is 11.3 Å². The molecule has 0 saturated carbocycles. The molecule has 0 fully saturated rings. The Morgan fingerprint density at radius 1 is 1.39 bits per heavy atom. The average molecular weight is 261 g/mol. The minimum Gasteiger partial charge on any atom is -0.358 e. The lowest BCUT2D eigenvalue weighted by Gasteiger charge is -2.07. The molecular weight excluding hydrogens is 242 g/mol. The number of benzene rings is 1. The van der Waals surface area contributed by atoms with Gasteiger partial charge in [-0.3, -0.25) is 5.43 Å². The van der Waals surface area contributed by atoms with E-state index in [1.165, 1.54) is 11.1 Å². The van der Waals surface area contributed by atoms with Crippen LogP contribution >= 0.6 is 12.2 Å². The molecule has 0 amide bonds. The van der Waals surface area contributed by atoms with Crippen molar-refractivity contribution in [3.8, 4) is 0 Å². The van der Waals surface area contributed by atoms with E-state index >= 15 is 0 Å². The summed E-state index contributed by atoms with van der Waals surface area (Å²) in [6, 6.07) is 6.27. The molecule has 1 rings (SSSR count). The molecule has 0 aliphatic rings. The number of hydrogen-bond acceptors (Lipinski definition) is 2. The molecule has 2 N–H and O–H groups in total. The maximum atomic E-state index is 5.06. The van der Waals surface area contributed by atoms with Crippen molar-refractivity contribution in [2.45, 2.75) is 20.8 Å². The summed E-state index contributed by atoms with van der Waals surface area (Å²) in [5.41, 5.74) is 7.35. The molecular formula is C14H19N3S. The fraction of sp³-hybridized carbons (Fsp3) is 0.286. The molecule has 18 heavy (non-hydrogen) atoms. The van der Waals surface area contributed by atoms with Crippen LogP contribution in [-0.4, -0.2) is 17.4 Å². The predicted octanol–water partition coefficient (Wildman–Crippen LogP) is 2.68. The van der Waals surface area contributed by atoms with E-state index < -0.39 is 0 Å². The monoisotopic (exact) mass is 261 g/mol.